The molecule has 2 unspecified atom stereocenters. The minimum atomic E-state index is -0.0755. The summed E-state index contributed by atoms with van der Waals surface area (Å²) in [6, 6.07) is 0. The van der Waals surface area contributed by atoms with Crippen LogP contribution in [0.4, 0.5) is 0 Å². The zero-order chi connectivity index (χ0) is 11.5. The third-order valence-corrected chi connectivity index (χ3v) is 4.22. The van der Waals surface area contributed by atoms with Gasteiger partial charge in [0.1, 0.15) is 0 Å². The molecule has 0 aromatic heterocycles. The van der Waals surface area contributed by atoms with Gasteiger partial charge in [-0.15, -0.1) is 34.8 Å². The molecule has 0 aliphatic heterocycles. The first kappa shape index (κ1) is 15.9. The Kier molecular flexibility index (Phi) is 12.0. The maximum Gasteiger partial charge on any atom is 0.0634 e. The number of rotatable bonds is 10. The van der Waals surface area contributed by atoms with E-state index in [1.165, 1.54) is 44.9 Å². The largest absolute Gasteiger partial charge is 0.125 e. The Hall–Kier alpha value is 0.870. The van der Waals surface area contributed by atoms with Crippen molar-refractivity contribution in [2.75, 3.05) is 5.88 Å². The fourth-order valence-electron chi connectivity index (χ4n) is 1.57. The molecule has 0 heterocycles. The molecule has 0 saturated heterocycles. The molecular formula is C12H23Cl3. The molecule has 0 aliphatic carbocycles. The highest BCUT2D eigenvalue weighted by Crippen LogP contribution is 2.19. The summed E-state index contributed by atoms with van der Waals surface area (Å²) in [4.78, 5) is 0. The van der Waals surface area contributed by atoms with Crippen LogP contribution in [-0.4, -0.2) is 16.6 Å². The van der Waals surface area contributed by atoms with Crippen LogP contribution in [0.25, 0.3) is 0 Å². The van der Waals surface area contributed by atoms with Crippen LogP contribution in [0.15, 0.2) is 0 Å². The molecule has 0 aromatic rings. The Labute approximate surface area is 110 Å². The van der Waals surface area contributed by atoms with Crippen molar-refractivity contribution in [1.82, 2.24) is 0 Å². The van der Waals surface area contributed by atoms with E-state index >= 15 is 0 Å². The standard InChI is InChI=1S/C12H23Cl3/c1-2-3-4-5-6-7-8-9-11(14)12(15)10-13/h11-12H,2-10H2,1H3. The zero-order valence-electron chi connectivity index (χ0n) is 9.65. The van der Waals surface area contributed by atoms with E-state index in [-0.39, 0.29) is 10.8 Å². The third-order valence-electron chi connectivity index (χ3n) is 2.62. The van der Waals surface area contributed by atoms with Gasteiger partial charge in [0, 0.05) is 5.88 Å². The van der Waals surface area contributed by atoms with Gasteiger partial charge in [-0.2, -0.15) is 0 Å². The van der Waals surface area contributed by atoms with E-state index in [2.05, 4.69) is 6.92 Å². The smallest absolute Gasteiger partial charge is 0.0634 e. The fraction of sp³-hybridized carbons (Fsp3) is 1.00. The first-order chi connectivity index (χ1) is 7.22. The van der Waals surface area contributed by atoms with Crippen molar-refractivity contribution in [3.8, 4) is 0 Å². The van der Waals surface area contributed by atoms with Crippen LogP contribution in [0.1, 0.15) is 58.3 Å². The van der Waals surface area contributed by atoms with Crippen molar-refractivity contribution < 1.29 is 0 Å². The van der Waals surface area contributed by atoms with Gasteiger partial charge in [-0.05, 0) is 6.42 Å². The summed E-state index contributed by atoms with van der Waals surface area (Å²) in [5.74, 6) is 0.451. The van der Waals surface area contributed by atoms with Crippen LogP contribution >= 0.6 is 34.8 Å². The van der Waals surface area contributed by atoms with Crippen LogP contribution < -0.4 is 0 Å². The van der Waals surface area contributed by atoms with Gasteiger partial charge in [0.05, 0.1) is 10.8 Å². The average Bonchev–Trinajstić information content (AvgIpc) is 2.26. The van der Waals surface area contributed by atoms with Gasteiger partial charge >= 0.3 is 0 Å². The van der Waals surface area contributed by atoms with Crippen LogP contribution in [0.2, 0.25) is 0 Å². The average molecular weight is 274 g/mol. The highest BCUT2D eigenvalue weighted by molar-refractivity contribution is 6.33. The second-order valence-corrected chi connectivity index (χ2v) is 5.53. The van der Waals surface area contributed by atoms with Crippen LogP contribution in [0.5, 0.6) is 0 Å². The molecule has 0 aromatic carbocycles. The van der Waals surface area contributed by atoms with Crippen molar-refractivity contribution in [2.45, 2.75) is 69.0 Å². The first-order valence-electron chi connectivity index (χ1n) is 6.06. The molecule has 0 spiro atoms. The second kappa shape index (κ2) is 11.4. The van der Waals surface area contributed by atoms with Crippen molar-refractivity contribution in [1.29, 1.82) is 0 Å². The second-order valence-electron chi connectivity index (χ2n) is 4.10. The lowest BCUT2D eigenvalue weighted by atomic mass is 10.1. The molecule has 3 heteroatoms. The molecule has 0 saturated carbocycles. The molecule has 0 bridgehead atoms. The van der Waals surface area contributed by atoms with Gasteiger partial charge in [-0.3, -0.25) is 0 Å². The predicted octanol–water partition coefficient (Wildman–Crippen LogP) is 5.58. The van der Waals surface area contributed by atoms with E-state index in [9.17, 15) is 0 Å². The molecule has 0 nitrogen and oxygen atoms in total. The van der Waals surface area contributed by atoms with Gasteiger partial charge in [-0.25, -0.2) is 0 Å². The fourth-order valence-corrected chi connectivity index (χ4v) is 2.25. The van der Waals surface area contributed by atoms with Gasteiger partial charge in [-0.1, -0.05) is 51.9 Å². The van der Waals surface area contributed by atoms with E-state index in [1.807, 2.05) is 0 Å². The number of hydrogen-bond donors (Lipinski definition) is 0. The lowest BCUT2D eigenvalue weighted by Gasteiger charge is -2.12. The summed E-state index contributed by atoms with van der Waals surface area (Å²) in [7, 11) is 0. The van der Waals surface area contributed by atoms with Crippen LogP contribution in [-0.2, 0) is 0 Å². The normalized spacial score (nSPS) is 15.2. The molecular weight excluding hydrogens is 250 g/mol. The first-order valence-corrected chi connectivity index (χ1v) is 7.47. The maximum absolute atomic E-state index is 6.08. The number of hydrogen-bond acceptors (Lipinski definition) is 0. The highest BCUT2D eigenvalue weighted by Gasteiger charge is 2.14. The molecule has 0 aliphatic rings. The Balaban J connectivity index is 3.16. The Morgan fingerprint density at radius 3 is 1.87 bits per heavy atom. The minimum Gasteiger partial charge on any atom is -0.125 e. The maximum atomic E-state index is 6.08. The van der Waals surface area contributed by atoms with Gasteiger partial charge in [0.15, 0.2) is 0 Å². The lowest BCUT2D eigenvalue weighted by Crippen LogP contribution is -2.16. The Morgan fingerprint density at radius 1 is 0.800 bits per heavy atom. The topological polar surface area (TPSA) is 0 Å². The highest BCUT2D eigenvalue weighted by atomic mass is 35.5. The minimum absolute atomic E-state index is 0.0415. The summed E-state index contributed by atoms with van der Waals surface area (Å²) < 4.78 is 0. The molecule has 92 valence electrons. The molecule has 0 radical (unpaired) electrons. The molecule has 0 amide bonds. The van der Waals surface area contributed by atoms with Gasteiger partial charge in [0.2, 0.25) is 0 Å². The Bertz CT molecular complexity index is 128. The predicted molar refractivity (Wildman–Crippen MR) is 72.6 cm³/mol. The lowest BCUT2D eigenvalue weighted by molar-refractivity contribution is 0.566. The van der Waals surface area contributed by atoms with Gasteiger partial charge in [0.25, 0.3) is 0 Å². The summed E-state index contributed by atoms with van der Waals surface area (Å²) >= 11 is 17.6. The summed E-state index contributed by atoms with van der Waals surface area (Å²) in [5, 5.41) is -0.0340. The molecule has 0 fully saturated rings. The number of unbranched alkanes of at least 4 members (excludes halogenated alkanes) is 6. The van der Waals surface area contributed by atoms with Gasteiger partial charge < -0.3 is 0 Å². The van der Waals surface area contributed by atoms with E-state index in [0.717, 1.165) is 6.42 Å². The van der Waals surface area contributed by atoms with Crippen LogP contribution in [0.3, 0.4) is 0 Å². The van der Waals surface area contributed by atoms with Crippen molar-refractivity contribution >= 4 is 34.8 Å². The van der Waals surface area contributed by atoms with Crippen LogP contribution in [0, 0.1) is 0 Å². The summed E-state index contributed by atoms with van der Waals surface area (Å²) in [5.41, 5.74) is 0. The van der Waals surface area contributed by atoms with Crippen molar-refractivity contribution in [3.05, 3.63) is 0 Å². The molecule has 0 N–H and O–H groups in total. The molecule has 0 rings (SSSR count). The van der Waals surface area contributed by atoms with E-state index in [4.69, 9.17) is 34.8 Å². The molecule has 2 atom stereocenters. The van der Waals surface area contributed by atoms with E-state index in [1.54, 1.807) is 0 Å². The number of halogens is 3. The summed E-state index contributed by atoms with van der Waals surface area (Å²) in [6.07, 6.45) is 10.2. The SMILES string of the molecule is CCCCCCCCCC(Cl)C(Cl)CCl. The van der Waals surface area contributed by atoms with E-state index < -0.39 is 0 Å². The van der Waals surface area contributed by atoms with E-state index in [0.29, 0.717) is 5.88 Å². The quantitative estimate of drug-likeness (QED) is 0.360. The summed E-state index contributed by atoms with van der Waals surface area (Å²) in [6.45, 7) is 2.24. The van der Waals surface area contributed by atoms with Crippen molar-refractivity contribution in [2.24, 2.45) is 0 Å². The number of alkyl halides is 3. The monoisotopic (exact) mass is 272 g/mol. The molecule has 15 heavy (non-hydrogen) atoms. The Morgan fingerprint density at radius 2 is 1.33 bits per heavy atom. The third kappa shape index (κ3) is 9.78. The van der Waals surface area contributed by atoms with Crippen molar-refractivity contribution in [3.63, 3.8) is 0 Å². The zero-order valence-corrected chi connectivity index (χ0v) is 11.9.